The Bertz CT molecular complexity index is 1040. The lowest BCUT2D eigenvalue weighted by Gasteiger charge is -2.32. The van der Waals surface area contributed by atoms with Crippen LogP contribution in [0, 0.1) is 25.6 Å². The molecule has 1 aliphatic heterocycles. The average Bonchev–Trinajstić information content (AvgIpc) is 3.22. The van der Waals surface area contributed by atoms with Crippen LogP contribution in [-0.2, 0) is 17.6 Å². The van der Waals surface area contributed by atoms with E-state index in [4.69, 9.17) is 0 Å². The smallest absolute Gasteiger partial charge is 0.252 e. The van der Waals surface area contributed by atoms with Crippen molar-refractivity contribution in [3.8, 4) is 0 Å². The number of rotatable bonds is 6. The molecule has 0 radical (unpaired) electrons. The summed E-state index contributed by atoms with van der Waals surface area (Å²) >= 11 is 0. The van der Waals surface area contributed by atoms with Gasteiger partial charge in [-0.05, 0) is 69.1 Å². The lowest BCUT2D eigenvalue weighted by molar-refractivity contribution is -0.132. The number of aryl methyl sites for hydroxylation is 3. The highest BCUT2D eigenvalue weighted by Gasteiger charge is 2.23. The van der Waals surface area contributed by atoms with Crippen LogP contribution in [0.15, 0.2) is 30.6 Å². The van der Waals surface area contributed by atoms with Crippen LogP contribution in [0.3, 0.4) is 0 Å². The van der Waals surface area contributed by atoms with Gasteiger partial charge in [0.15, 0.2) is 0 Å². The van der Waals surface area contributed by atoms with Gasteiger partial charge in [0.2, 0.25) is 5.91 Å². The number of carbonyl (C=O) groups is 1. The standard InChI is InChI=1S/C23H28FN5O/c1-16-20(17(2)29-23(27-16)25-15-26-29)9-10-22(30)28-13-11-18(12-14-28)7-8-19-5-3-4-6-21(19)24/h3-6,15,18H,7-14H2,1-2H3. The molecule has 1 fully saturated rings. The van der Waals surface area contributed by atoms with Crippen LogP contribution < -0.4 is 0 Å². The van der Waals surface area contributed by atoms with E-state index in [0.717, 1.165) is 61.3 Å². The Hall–Kier alpha value is -2.83. The molecule has 0 unspecified atom stereocenters. The molecule has 0 N–H and O–H groups in total. The average molecular weight is 410 g/mol. The van der Waals surface area contributed by atoms with Crippen LogP contribution in [0.2, 0.25) is 0 Å². The van der Waals surface area contributed by atoms with Crippen molar-refractivity contribution < 1.29 is 9.18 Å². The highest BCUT2D eigenvalue weighted by Crippen LogP contribution is 2.24. The molecule has 3 heterocycles. The van der Waals surface area contributed by atoms with Gasteiger partial charge in [-0.3, -0.25) is 4.79 Å². The molecule has 0 aliphatic carbocycles. The third-order valence-electron chi connectivity index (χ3n) is 6.32. The van der Waals surface area contributed by atoms with Crippen molar-refractivity contribution in [2.45, 2.75) is 52.4 Å². The normalized spacial score (nSPS) is 15.1. The van der Waals surface area contributed by atoms with Gasteiger partial charge in [-0.15, -0.1) is 0 Å². The largest absolute Gasteiger partial charge is 0.343 e. The fourth-order valence-electron chi connectivity index (χ4n) is 4.44. The minimum Gasteiger partial charge on any atom is -0.343 e. The van der Waals surface area contributed by atoms with Gasteiger partial charge in [-0.25, -0.2) is 13.9 Å². The number of fused-ring (bicyclic) bond motifs is 1. The number of halogens is 1. The number of benzene rings is 1. The minimum absolute atomic E-state index is 0.116. The fourth-order valence-corrected chi connectivity index (χ4v) is 4.44. The van der Waals surface area contributed by atoms with Crippen molar-refractivity contribution in [1.29, 1.82) is 0 Å². The summed E-state index contributed by atoms with van der Waals surface area (Å²) in [4.78, 5) is 23.4. The van der Waals surface area contributed by atoms with E-state index < -0.39 is 0 Å². The Kier molecular flexibility index (Phi) is 6.06. The number of hydrogen-bond donors (Lipinski definition) is 0. The maximum atomic E-state index is 13.8. The molecule has 6 nitrogen and oxygen atoms in total. The van der Waals surface area contributed by atoms with E-state index in [1.54, 1.807) is 10.6 Å². The fraction of sp³-hybridized carbons (Fsp3) is 0.478. The van der Waals surface area contributed by atoms with E-state index >= 15 is 0 Å². The first-order valence-corrected chi connectivity index (χ1v) is 10.7. The molecule has 1 aliphatic rings. The van der Waals surface area contributed by atoms with Gasteiger partial charge in [0.1, 0.15) is 12.1 Å². The quantitative estimate of drug-likeness (QED) is 0.623. The van der Waals surface area contributed by atoms with Crippen molar-refractivity contribution in [2.75, 3.05) is 13.1 Å². The second-order valence-corrected chi connectivity index (χ2v) is 8.19. The van der Waals surface area contributed by atoms with Crippen LogP contribution in [0.4, 0.5) is 4.39 Å². The summed E-state index contributed by atoms with van der Waals surface area (Å²) in [5, 5.41) is 4.21. The molecule has 1 aromatic carbocycles. The Morgan fingerprint density at radius 3 is 2.70 bits per heavy atom. The van der Waals surface area contributed by atoms with Crippen LogP contribution in [-0.4, -0.2) is 43.5 Å². The molecule has 30 heavy (non-hydrogen) atoms. The molecule has 0 bridgehead atoms. The van der Waals surface area contributed by atoms with Crippen LogP contribution in [0.25, 0.3) is 5.78 Å². The number of nitrogens with zero attached hydrogens (tertiary/aromatic N) is 5. The zero-order valence-corrected chi connectivity index (χ0v) is 17.6. The van der Waals surface area contributed by atoms with Gasteiger partial charge in [-0.1, -0.05) is 18.2 Å². The number of piperidine rings is 1. The van der Waals surface area contributed by atoms with Gasteiger partial charge in [0.25, 0.3) is 5.78 Å². The topological polar surface area (TPSA) is 63.4 Å². The lowest BCUT2D eigenvalue weighted by atomic mass is 9.90. The highest BCUT2D eigenvalue weighted by molar-refractivity contribution is 5.76. The second kappa shape index (κ2) is 8.90. The molecule has 4 rings (SSSR count). The first kappa shape index (κ1) is 20.4. The van der Waals surface area contributed by atoms with E-state index in [0.29, 0.717) is 24.5 Å². The summed E-state index contributed by atoms with van der Waals surface area (Å²) in [7, 11) is 0. The van der Waals surface area contributed by atoms with E-state index in [2.05, 4.69) is 15.1 Å². The monoisotopic (exact) mass is 409 g/mol. The summed E-state index contributed by atoms with van der Waals surface area (Å²) in [6.07, 6.45) is 6.36. The van der Waals surface area contributed by atoms with Gasteiger partial charge in [0, 0.05) is 30.9 Å². The molecular weight excluding hydrogens is 381 g/mol. The maximum absolute atomic E-state index is 13.8. The van der Waals surface area contributed by atoms with Crippen molar-refractivity contribution in [2.24, 2.45) is 5.92 Å². The second-order valence-electron chi connectivity index (χ2n) is 8.19. The number of hydrogen-bond acceptors (Lipinski definition) is 4. The number of carbonyl (C=O) groups excluding carboxylic acids is 1. The van der Waals surface area contributed by atoms with Crippen molar-refractivity contribution in [1.82, 2.24) is 24.5 Å². The summed E-state index contributed by atoms with van der Waals surface area (Å²) < 4.78 is 15.5. The van der Waals surface area contributed by atoms with Crippen LogP contribution in [0.1, 0.15) is 48.2 Å². The molecule has 1 amide bonds. The summed E-state index contributed by atoms with van der Waals surface area (Å²) in [6, 6.07) is 7.00. The Balaban J connectivity index is 1.27. The van der Waals surface area contributed by atoms with Crippen LogP contribution >= 0.6 is 0 Å². The van der Waals surface area contributed by atoms with Crippen molar-refractivity contribution in [3.05, 3.63) is 58.9 Å². The van der Waals surface area contributed by atoms with Gasteiger partial charge < -0.3 is 4.90 Å². The third-order valence-corrected chi connectivity index (χ3v) is 6.32. The third kappa shape index (κ3) is 4.35. The molecule has 1 saturated heterocycles. The zero-order chi connectivity index (χ0) is 21.1. The minimum atomic E-state index is -0.116. The maximum Gasteiger partial charge on any atom is 0.252 e. The van der Waals surface area contributed by atoms with Gasteiger partial charge >= 0.3 is 0 Å². The summed E-state index contributed by atoms with van der Waals surface area (Å²) in [5.74, 6) is 1.23. The predicted molar refractivity (Wildman–Crippen MR) is 113 cm³/mol. The van der Waals surface area contributed by atoms with Crippen molar-refractivity contribution in [3.63, 3.8) is 0 Å². The SMILES string of the molecule is Cc1nc2ncnn2c(C)c1CCC(=O)N1CCC(CCc2ccccc2F)CC1. The molecule has 0 atom stereocenters. The van der Waals surface area contributed by atoms with E-state index in [1.807, 2.05) is 30.9 Å². The lowest BCUT2D eigenvalue weighted by Crippen LogP contribution is -2.38. The summed E-state index contributed by atoms with van der Waals surface area (Å²) in [5.41, 5.74) is 3.77. The molecule has 0 spiro atoms. The number of likely N-dealkylation sites (tertiary alicyclic amines) is 1. The van der Waals surface area contributed by atoms with E-state index in [-0.39, 0.29) is 11.7 Å². The summed E-state index contributed by atoms with van der Waals surface area (Å²) in [6.45, 7) is 5.54. The predicted octanol–water partition coefficient (Wildman–Crippen LogP) is 3.68. The van der Waals surface area contributed by atoms with Gasteiger partial charge in [-0.2, -0.15) is 10.1 Å². The van der Waals surface area contributed by atoms with Crippen LogP contribution in [0.5, 0.6) is 0 Å². The van der Waals surface area contributed by atoms with Crippen molar-refractivity contribution >= 4 is 11.7 Å². The Morgan fingerprint density at radius 1 is 1.17 bits per heavy atom. The van der Waals surface area contributed by atoms with Gasteiger partial charge in [0.05, 0.1) is 0 Å². The van der Waals surface area contributed by atoms with E-state index in [9.17, 15) is 9.18 Å². The first-order valence-electron chi connectivity index (χ1n) is 10.7. The molecule has 2 aromatic heterocycles. The molecule has 3 aromatic rings. The zero-order valence-electron chi connectivity index (χ0n) is 17.6. The number of aromatic nitrogens is 4. The Labute approximate surface area is 176 Å². The molecule has 158 valence electrons. The highest BCUT2D eigenvalue weighted by atomic mass is 19.1. The molecule has 0 saturated carbocycles. The Morgan fingerprint density at radius 2 is 1.93 bits per heavy atom. The number of amides is 1. The van der Waals surface area contributed by atoms with E-state index in [1.165, 1.54) is 12.4 Å². The first-order chi connectivity index (χ1) is 14.5. The molecular formula is C23H28FN5O. The molecule has 7 heteroatoms.